The Hall–Kier alpha value is -5.06. The second-order valence-corrected chi connectivity index (χ2v) is 14.8. The summed E-state index contributed by atoms with van der Waals surface area (Å²) in [6.45, 7) is 22.0. The molecule has 4 heteroatoms. The van der Waals surface area contributed by atoms with Gasteiger partial charge < -0.3 is 11.1 Å². The first-order valence-electron chi connectivity index (χ1n) is 21.2. The summed E-state index contributed by atoms with van der Waals surface area (Å²) in [5.41, 5.74) is 16.2. The molecular formula is C53H70N4. The number of nitrogens with one attached hydrogen (secondary N) is 1. The highest BCUT2D eigenvalue weighted by Gasteiger charge is 2.17. The maximum Gasteiger partial charge on any atom is 0.0615 e. The van der Waals surface area contributed by atoms with Crippen LogP contribution in [0.25, 0.3) is 6.08 Å². The number of benzene rings is 2. The zero-order chi connectivity index (χ0) is 41.1. The molecule has 3 N–H and O–H groups in total. The molecule has 1 heterocycles. The van der Waals surface area contributed by atoms with Gasteiger partial charge in [-0.2, -0.15) is 0 Å². The first-order chi connectivity index (χ1) is 27.9. The van der Waals surface area contributed by atoms with Gasteiger partial charge in [0.25, 0.3) is 0 Å². The predicted molar refractivity (Wildman–Crippen MR) is 253 cm³/mol. The van der Waals surface area contributed by atoms with Crippen LogP contribution in [0.3, 0.4) is 0 Å². The van der Waals surface area contributed by atoms with E-state index < -0.39 is 0 Å². The third kappa shape index (κ3) is 16.9. The van der Waals surface area contributed by atoms with Crippen molar-refractivity contribution in [1.82, 2.24) is 5.32 Å². The number of rotatable bonds is 21. The summed E-state index contributed by atoms with van der Waals surface area (Å²) in [5, 5.41) is 3.59. The number of nitrogens with zero attached hydrogens (tertiary/aromatic N) is 2. The van der Waals surface area contributed by atoms with E-state index in [0.29, 0.717) is 12.5 Å². The SMILES string of the molecule is C=CCCC(=C)\C1=C/C=C\C=C/C/C=C(\C(=C)CC(C=C)CN=C(CC(NC)c2cccc(/C=C\CC)c2)c2ccc(C(CC)C/C=C\N)cc2)N=CCCCC1. The summed E-state index contributed by atoms with van der Waals surface area (Å²) >= 11 is 0. The van der Waals surface area contributed by atoms with Gasteiger partial charge in [0, 0.05) is 36.9 Å². The summed E-state index contributed by atoms with van der Waals surface area (Å²) in [6.07, 6.45) is 38.4. The molecule has 3 rings (SSSR count). The average molecular weight is 763 g/mol. The van der Waals surface area contributed by atoms with Crippen LogP contribution in [0.5, 0.6) is 0 Å². The van der Waals surface area contributed by atoms with Crippen molar-refractivity contribution in [2.24, 2.45) is 21.6 Å². The summed E-state index contributed by atoms with van der Waals surface area (Å²) in [6, 6.07) is 17.9. The van der Waals surface area contributed by atoms with Crippen LogP contribution in [-0.2, 0) is 0 Å². The van der Waals surface area contributed by atoms with E-state index in [2.05, 4.69) is 155 Å². The van der Waals surface area contributed by atoms with Crippen molar-refractivity contribution in [3.63, 3.8) is 0 Å². The molecule has 0 bridgehead atoms. The van der Waals surface area contributed by atoms with Crippen LogP contribution < -0.4 is 11.1 Å². The van der Waals surface area contributed by atoms with Crippen LogP contribution in [0, 0.1) is 5.92 Å². The van der Waals surface area contributed by atoms with E-state index >= 15 is 0 Å². The lowest BCUT2D eigenvalue weighted by Gasteiger charge is -2.21. The lowest BCUT2D eigenvalue weighted by Crippen LogP contribution is -2.21. The fourth-order valence-corrected chi connectivity index (χ4v) is 6.98. The molecule has 0 fully saturated rings. The zero-order valence-electron chi connectivity index (χ0n) is 35.3. The van der Waals surface area contributed by atoms with Crippen LogP contribution in [0.1, 0.15) is 125 Å². The van der Waals surface area contributed by atoms with E-state index in [1.165, 1.54) is 27.8 Å². The van der Waals surface area contributed by atoms with Crippen molar-refractivity contribution >= 4 is 18.0 Å². The summed E-state index contributed by atoms with van der Waals surface area (Å²) in [5.74, 6) is 0.542. The molecule has 0 aliphatic carbocycles. The van der Waals surface area contributed by atoms with Gasteiger partial charge in [-0.05, 0) is 123 Å². The molecule has 1 aliphatic heterocycles. The molecule has 302 valence electrons. The molecule has 57 heavy (non-hydrogen) atoms. The van der Waals surface area contributed by atoms with Crippen molar-refractivity contribution in [1.29, 1.82) is 0 Å². The maximum absolute atomic E-state index is 5.69. The van der Waals surface area contributed by atoms with E-state index in [0.717, 1.165) is 99.6 Å². The fraction of sp³-hybridized carbons (Fsp3) is 0.358. The third-order valence-electron chi connectivity index (χ3n) is 10.6. The first-order valence-corrected chi connectivity index (χ1v) is 21.2. The Morgan fingerprint density at radius 1 is 0.965 bits per heavy atom. The Labute approximate surface area is 346 Å². The molecule has 0 aromatic heterocycles. The van der Waals surface area contributed by atoms with Gasteiger partial charge in [-0.3, -0.25) is 9.98 Å². The molecule has 1 aliphatic rings. The molecule has 0 saturated heterocycles. The summed E-state index contributed by atoms with van der Waals surface area (Å²) < 4.78 is 0. The quantitative estimate of drug-likeness (QED) is 0.0982. The van der Waals surface area contributed by atoms with Gasteiger partial charge in [0.05, 0.1) is 5.70 Å². The fourth-order valence-electron chi connectivity index (χ4n) is 6.98. The Kier molecular flexibility index (Phi) is 22.4. The number of aliphatic imine (C=N–C) groups is 2. The molecule has 3 unspecified atom stereocenters. The van der Waals surface area contributed by atoms with E-state index in [4.69, 9.17) is 15.7 Å². The molecule has 3 atom stereocenters. The average Bonchev–Trinajstić information content (AvgIpc) is 3.25. The third-order valence-corrected chi connectivity index (χ3v) is 10.6. The van der Waals surface area contributed by atoms with Crippen molar-refractivity contribution in [3.8, 4) is 0 Å². The van der Waals surface area contributed by atoms with Gasteiger partial charge in [-0.15, -0.1) is 13.2 Å². The molecule has 0 spiro atoms. The van der Waals surface area contributed by atoms with E-state index in [9.17, 15) is 0 Å². The zero-order valence-corrected chi connectivity index (χ0v) is 35.3. The monoisotopic (exact) mass is 763 g/mol. The molecule has 0 amide bonds. The highest BCUT2D eigenvalue weighted by atomic mass is 14.9. The molecule has 2 aromatic carbocycles. The van der Waals surface area contributed by atoms with Crippen LogP contribution in [-0.4, -0.2) is 25.5 Å². The molecule has 0 radical (unpaired) electrons. The second-order valence-electron chi connectivity index (χ2n) is 14.8. The van der Waals surface area contributed by atoms with E-state index in [1.807, 2.05) is 19.2 Å². The minimum atomic E-state index is 0.100. The van der Waals surface area contributed by atoms with Crippen molar-refractivity contribution in [3.05, 3.63) is 186 Å². The number of hydrogen-bond donors (Lipinski definition) is 2. The number of nitrogens with two attached hydrogens (primary N) is 1. The van der Waals surface area contributed by atoms with Gasteiger partial charge in [-0.1, -0.05) is 148 Å². The van der Waals surface area contributed by atoms with E-state index in [1.54, 1.807) is 6.20 Å². The van der Waals surface area contributed by atoms with E-state index in [-0.39, 0.29) is 12.0 Å². The van der Waals surface area contributed by atoms with Gasteiger partial charge >= 0.3 is 0 Å². The highest BCUT2D eigenvalue weighted by molar-refractivity contribution is 6.01. The van der Waals surface area contributed by atoms with Crippen LogP contribution >= 0.6 is 0 Å². The largest absolute Gasteiger partial charge is 0.405 e. The lowest BCUT2D eigenvalue weighted by molar-refractivity contribution is 0.611. The topological polar surface area (TPSA) is 62.8 Å². The Morgan fingerprint density at radius 2 is 1.79 bits per heavy atom. The van der Waals surface area contributed by atoms with Gasteiger partial charge in [-0.25, -0.2) is 0 Å². The minimum absolute atomic E-state index is 0.100. The Morgan fingerprint density at radius 3 is 2.51 bits per heavy atom. The number of hydrogen-bond acceptors (Lipinski definition) is 4. The molecule has 4 nitrogen and oxygen atoms in total. The van der Waals surface area contributed by atoms with Crippen LogP contribution in [0.2, 0.25) is 0 Å². The second kappa shape index (κ2) is 27.5. The minimum Gasteiger partial charge on any atom is -0.405 e. The van der Waals surface area contributed by atoms with Gasteiger partial charge in [0.2, 0.25) is 0 Å². The van der Waals surface area contributed by atoms with Crippen LogP contribution in [0.4, 0.5) is 0 Å². The summed E-state index contributed by atoms with van der Waals surface area (Å²) in [4.78, 5) is 10.3. The predicted octanol–water partition coefficient (Wildman–Crippen LogP) is 13.8. The Balaban J connectivity index is 1.85. The molecule has 0 saturated carbocycles. The smallest absolute Gasteiger partial charge is 0.0615 e. The highest BCUT2D eigenvalue weighted by Crippen LogP contribution is 2.28. The number of allylic oxidation sites excluding steroid dienone is 12. The van der Waals surface area contributed by atoms with Gasteiger partial charge in [0.15, 0.2) is 0 Å². The van der Waals surface area contributed by atoms with Crippen LogP contribution in [0.15, 0.2) is 174 Å². The van der Waals surface area contributed by atoms with Crippen molar-refractivity contribution in [2.45, 2.75) is 103 Å². The van der Waals surface area contributed by atoms with Crippen molar-refractivity contribution < 1.29 is 0 Å². The molecule has 2 aromatic rings. The van der Waals surface area contributed by atoms with Gasteiger partial charge in [0.1, 0.15) is 0 Å². The standard InChI is InChI=1S/C53H70N4/c1-8-12-24-42(5)47-27-18-15-14-16-20-31-51(56-37-21-17-19-28-47)43(6)38-44(10-3)41-57-53(49-34-32-48(33-35-49)46(11-4)30-23-36-54)40-52(55-7)50-29-22-26-45(39-50)25-13-9-2/h8,10,13-16,18,22-23,25-27,29,31-37,39,44,46,52,55H,1,3,5-6,9,11-12,17,19-21,24,28,30,38,40-41,54H2,2,4,7H3/b16-14-,18-15-,25-13-,36-23-,47-27-,51-31+,56-37?,57-53?. The Bertz CT molecular complexity index is 1810. The lowest BCUT2D eigenvalue weighted by atomic mass is 9.90. The normalized spacial score (nSPS) is 19.0. The van der Waals surface area contributed by atoms with Crippen molar-refractivity contribution in [2.75, 3.05) is 13.6 Å². The molecular weight excluding hydrogens is 693 g/mol. The summed E-state index contributed by atoms with van der Waals surface area (Å²) in [7, 11) is 2.04. The first kappa shape index (κ1) is 46.3. The maximum atomic E-state index is 5.69.